The normalized spacial score (nSPS) is 13.4. The van der Waals surface area contributed by atoms with Crippen LogP contribution >= 0.6 is 0 Å². The molecule has 170 valence electrons. The van der Waals surface area contributed by atoms with Crippen LogP contribution in [0.4, 0.5) is 17.1 Å². The Bertz CT molecular complexity index is 1300. The van der Waals surface area contributed by atoms with Crippen molar-refractivity contribution in [1.29, 1.82) is 0 Å². The van der Waals surface area contributed by atoms with Crippen molar-refractivity contribution in [1.82, 2.24) is 4.90 Å². The van der Waals surface area contributed by atoms with Crippen molar-refractivity contribution >= 4 is 34.8 Å². The van der Waals surface area contributed by atoms with Gasteiger partial charge in [0.1, 0.15) is 6.04 Å². The first kappa shape index (κ1) is 22.3. The number of non-ortho nitro benzene ring substituents is 2. The Morgan fingerprint density at radius 2 is 1.41 bits per heavy atom. The summed E-state index contributed by atoms with van der Waals surface area (Å²) in [4.78, 5) is 61.0. The van der Waals surface area contributed by atoms with Crippen molar-refractivity contribution in [3.8, 4) is 0 Å². The number of hydrogen-bond acceptors (Lipinski definition) is 7. The summed E-state index contributed by atoms with van der Waals surface area (Å²) in [5, 5.41) is 24.6. The summed E-state index contributed by atoms with van der Waals surface area (Å²) in [5.41, 5.74) is 0.520. The molecule has 1 unspecified atom stereocenters. The summed E-state index contributed by atoms with van der Waals surface area (Å²) in [6.45, 7) is 0. The van der Waals surface area contributed by atoms with E-state index in [1.807, 2.05) is 0 Å². The maximum Gasteiger partial charge on any atom is 0.269 e. The Kier molecular flexibility index (Phi) is 5.83. The third kappa shape index (κ3) is 4.21. The lowest BCUT2D eigenvalue weighted by Crippen LogP contribution is -2.48. The fraction of sp³-hybridized carbons (Fsp3) is 0.0870. The Hall–Kier alpha value is -4.93. The second-order valence-corrected chi connectivity index (χ2v) is 7.47. The first-order chi connectivity index (χ1) is 16.3. The molecule has 11 nitrogen and oxygen atoms in total. The number of hydrogen-bond donors (Lipinski definition) is 1. The Morgan fingerprint density at radius 3 is 1.97 bits per heavy atom. The molecule has 3 aromatic carbocycles. The van der Waals surface area contributed by atoms with Crippen LogP contribution in [0.5, 0.6) is 0 Å². The summed E-state index contributed by atoms with van der Waals surface area (Å²) in [6, 6.07) is 15.4. The van der Waals surface area contributed by atoms with E-state index in [1.54, 1.807) is 18.2 Å². The van der Waals surface area contributed by atoms with Gasteiger partial charge >= 0.3 is 0 Å². The van der Waals surface area contributed by atoms with E-state index in [1.165, 1.54) is 54.6 Å². The van der Waals surface area contributed by atoms with Crippen LogP contribution < -0.4 is 5.32 Å². The molecule has 1 atom stereocenters. The van der Waals surface area contributed by atoms with E-state index in [-0.39, 0.29) is 34.6 Å². The minimum Gasteiger partial charge on any atom is -0.324 e. The van der Waals surface area contributed by atoms with Crippen molar-refractivity contribution < 1.29 is 24.2 Å². The highest BCUT2D eigenvalue weighted by Gasteiger charge is 2.42. The molecule has 0 spiro atoms. The third-order valence-electron chi connectivity index (χ3n) is 5.34. The lowest BCUT2D eigenvalue weighted by molar-refractivity contribution is -0.385. The zero-order chi connectivity index (χ0) is 24.4. The average Bonchev–Trinajstić information content (AvgIpc) is 3.08. The Balaban J connectivity index is 1.68. The quantitative estimate of drug-likeness (QED) is 0.322. The number of anilines is 1. The zero-order valence-corrected chi connectivity index (χ0v) is 17.4. The molecule has 0 saturated heterocycles. The van der Waals surface area contributed by atoms with Gasteiger partial charge in [-0.05, 0) is 29.8 Å². The van der Waals surface area contributed by atoms with Crippen LogP contribution in [0.1, 0.15) is 26.3 Å². The zero-order valence-electron chi connectivity index (χ0n) is 17.4. The van der Waals surface area contributed by atoms with Gasteiger partial charge in [-0.25, -0.2) is 0 Å². The largest absolute Gasteiger partial charge is 0.324 e. The maximum atomic E-state index is 13.3. The molecule has 0 aromatic heterocycles. The van der Waals surface area contributed by atoms with E-state index in [4.69, 9.17) is 0 Å². The number of amides is 3. The van der Waals surface area contributed by atoms with Crippen LogP contribution in [0, 0.1) is 20.2 Å². The van der Waals surface area contributed by atoms with Crippen molar-refractivity contribution in [3.63, 3.8) is 0 Å². The molecule has 3 aromatic rings. The average molecular weight is 460 g/mol. The first-order valence-electron chi connectivity index (χ1n) is 10.0. The number of carbonyl (C=O) groups excluding carboxylic acids is 3. The summed E-state index contributed by atoms with van der Waals surface area (Å²) in [6.07, 6.45) is -0.175. The smallest absolute Gasteiger partial charge is 0.269 e. The number of nitrogens with one attached hydrogen (secondary N) is 1. The topological polar surface area (TPSA) is 153 Å². The van der Waals surface area contributed by atoms with Gasteiger partial charge in [-0.2, -0.15) is 0 Å². The molecular formula is C23H16N4O7. The van der Waals surface area contributed by atoms with Gasteiger partial charge in [0, 0.05) is 36.4 Å². The van der Waals surface area contributed by atoms with Gasteiger partial charge in [0.25, 0.3) is 23.2 Å². The molecule has 11 heteroatoms. The number of carbonyl (C=O) groups is 3. The van der Waals surface area contributed by atoms with Gasteiger partial charge in [-0.15, -0.1) is 0 Å². The van der Waals surface area contributed by atoms with E-state index >= 15 is 0 Å². The highest BCUT2D eigenvalue weighted by atomic mass is 16.6. The van der Waals surface area contributed by atoms with Crippen LogP contribution in [-0.2, 0) is 11.2 Å². The van der Waals surface area contributed by atoms with Crippen LogP contribution in [0.15, 0.2) is 72.8 Å². The van der Waals surface area contributed by atoms with Gasteiger partial charge in [0.2, 0.25) is 5.91 Å². The van der Waals surface area contributed by atoms with Crippen molar-refractivity contribution in [2.24, 2.45) is 0 Å². The first-order valence-corrected chi connectivity index (χ1v) is 10.0. The third-order valence-corrected chi connectivity index (χ3v) is 5.34. The van der Waals surface area contributed by atoms with Crippen LogP contribution in [0.25, 0.3) is 0 Å². The van der Waals surface area contributed by atoms with Gasteiger partial charge in [0.05, 0.1) is 21.0 Å². The molecule has 0 aliphatic carbocycles. The van der Waals surface area contributed by atoms with Crippen molar-refractivity contribution in [2.45, 2.75) is 12.5 Å². The number of fused-ring (bicyclic) bond motifs is 1. The number of imide groups is 1. The predicted molar refractivity (Wildman–Crippen MR) is 119 cm³/mol. The Labute approximate surface area is 191 Å². The standard InChI is InChI=1S/C23H16N4O7/c28-21(24-15-8-10-16(11-9-15)26(31)32)20(13-14-4-3-5-17(12-14)27(33)34)25-22(29)18-6-1-2-7-19(18)23(25)30/h1-12,20H,13H2,(H,24,28). The summed E-state index contributed by atoms with van der Waals surface area (Å²) >= 11 is 0. The van der Waals surface area contributed by atoms with E-state index in [9.17, 15) is 34.6 Å². The van der Waals surface area contributed by atoms with E-state index < -0.39 is 33.6 Å². The number of nitro groups is 2. The molecule has 1 N–H and O–H groups in total. The predicted octanol–water partition coefficient (Wildman–Crippen LogP) is 3.35. The number of rotatable bonds is 7. The van der Waals surface area contributed by atoms with Crippen molar-refractivity contribution in [2.75, 3.05) is 5.32 Å². The van der Waals surface area contributed by atoms with E-state index in [2.05, 4.69) is 5.32 Å². The molecule has 4 rings (SSSR count). The molecular weight excluding hydrogens is 444 g/mol. The van der Waals surface area contributed by atoms with Gasteiger partial charge < -0.3 is 5.32 Å². The molecule has 34 heavy (non-hydrogen) atoms. The molecule has 0 fully saturated rings. The molecule has 0 bridgehead atoms. The summed E-state index contributed by atoms with van der Waals surface area (Å²) < 4.78 is 0. The molecule has 1 heterocycles. The van der Waals surface area contributed by atoms with E-state index in [0.717, 1.165) is 4.90 Å². The van der Waals surface area contributed by atoms with Gasteiger partial charge in [-0.3, -0.25) is 39.5 Å². The van der Waals surface area contributed by atoms with Crippen LogP contribution in [0.2, 0.25) is 0 Å². The second kappa shape index (κ2) is 8.90. The second-order valence-electron chi connectivity index (χ2n) is 7.47. The van der Waals surface area contributed by atoms with E-state index in [0.29, 0.717) is 5.56 Å². The fourth-order valence-corrected chi connectivity index (χ4v) is 3.70. The molecule has 3 amide bonds. The molecule has 1 aliphatic rings. The monoisotopic (exact) mass is 460 g/mol. The Morgan fingerprint density at radius 1 is 0.824 bits per heavy atom. The van der Waals surface area contributed by atoms with Crippen molar-refractivity contribution in [3.05, 3.63) is 110 Å². The minimum absolute atomic E-state index is 0.152. The number of nitro benzene ring substituents is 2. The maximum absolute atomic E-state index is 13.3. The minimum atomic E-state index is -1.33. The number of nitrogens with zero attached hydrogens (tertiary/aromatic N) is 3. The SMILES string of the molecule is O=C(Nc1ccc([N+](=O)[O-])cc1)C(Cc1cccc([N+](=O)[O-])c1)N1C(=O)c2ccccc2C1=O. The molecule has 1 aliphatic heterocycles. The molecule has 0 saturated carbocycles. The lowest BCUT2D eigenvalue weighted by Gasteiger charge is -2.25. The highest BCUT2D eigenvalue weighted by molar-refractivity contribution is 6.23. The number of benzene rings is 3. The lowest BCUT2D eigenvalue weighted by atomic mass is 10.0. The summed E-state index contributed by atoms with van der Waals surface area (Å²) in [7, 11) is 0. The van der Waals surface area contributed by atoms with Gasteiger partial charge in [-0.1, -0.05) is 24.3 Å². The van der Waals surface area contributed by atoms with Gasteiger partial charge in [0.15, 0.2) is 0 Å². The fourth-order valence-electron chi connectivity index (χ4n) is 3.70. The van der Waals surface area contributed by atoms with Crippen LogP contribution in [0.3, 0.4) is 0 Å². The van der Waals surface area contributed by atoms with Crippen LogP contribution in [-0.4, -0.2) is 38.5 Å². The summed E-state index contributed by atoms with van der Waals surface area (Å²) in [5.74, 6) is -2.04. The highest BCUT2D eigenvalue weighted by Crippen LogP contribution is 2.27. The molecule has 0 radical (unpaired) electrons.